The Labute approximate surface area is 140 Å². The Balaban J connectivity index is 1.62. The lowest BCUT2D eigenvalue weighted by Crippen LogP contribution is -3.16. The first kappa shape index (κ1) is 17.2. The van der Waals surface area contributed by atoms with Crippen molar-refractivity contribution >= 4 is 23.0 Å². The fourth-order valence-electron chi connectivity index (χ4n) is 3.14. The first-order valence-corrected chi connectivity index (χ1v) is 9.08. The van der Waals surface area contributed by atoms with Gasteiger partial charge in [-0.2, -0.15) is 0 Å². The Hall–Kier alpha value is -1.13. The van der Waals surface area contributed by atoms with Gasteiger partial charge in [-0.15, -0.1) is 0 Å². The number of hydrogen-bond donors (Lipinski definition) is 3. The third-order valence-corrected chi connectivity index (χ3v) is 4.91. The van der Waals surface area contributed by atoms with Crippen molar-refractivity contribution in [1.29, 1.82) is 0 Å². The fourth-order valence-corrected chi connectivity index (χ4v) is 3.36. The number of rotatable bonds is 6. The molecule has 0 spiro atoms. The second-order valence-electron chi connectivity index (χ2n) is 6.34. The molecule has 3 nitrogen and oxygen atoms in total. The lowest BCUT2D eigenvalue weighted by atomic mass is 10.0. The highest BCUT2D eigenvalue weighted by molar-refractivity contribution is 7.80. The van der Waals surface area contributed by atoms with Gasteiger partial charge < -0.3 is 15.5 Å². The Morgan fingerprint density at radius 2 is 2.05 bits per heavy atom. The summed E-state index contributed by atoms with van der Waals surface area (Å²) in [6, 6.07) is 9.30. The summed E-state index contributed by atoms with van der Waals surface area (Å²) in [6.45, 7) is 8.10. The number of aryl methyl sites for hydroxylation is 1. The maximum atomic E-state index is 5.36. The van der Waals surface area contributed by atoms with Gasteiger partial charge in [0, 0.05) is 18.7 Å². The highest BCUT2D eigenvalue weighted by Crippen LogP contribution is 2.09. The largest absolute Gasteiger partial charge is 0.362 e. The zero-order chi connectivity index (χ0) is 15.8. The monoisotopic (exact) mass is 320 g/mol. The van der Waals surface area contributed by atoms with Gasteiger partial charge in [-0.1, -0.05) is 19.1 Å². The molecule has 1 aliphatic rings. The molecule has 4 heteroatoms. The number of piperidine rings is 1. The van der Waals surface area contributed by atoms with E-state index in [1.165, 1.54) is 44.3 Å². The minimum atomic E-state index is 0.728. The first-order valence-electron chi connectivity index (χ1n) is 8.67. The molecule has 1 unspecified atom stereocenters. The summed E-state index contributed by atoms with van der Waals surface area (Å²) in [5, 5.41) is 7.30. The summed E-state index contributed by atoms with van der Waals surface area (Å²) in [6.07, 6.45) is 6.43. The zero-order valence-corrected chi connectivity index (χ0v) is 14.8. The third-order valence-electron chi connectivity index (χ3n) is 4.66. The molecule has 22 heavy (non-hydrogen) atoms. The predicted octanol–water partition coefficient (Wildman–Crippen LogP) is 2.38. The normalized spacial score (nSPS) is 21.4. The second kappa shape index (κ2) is 9.11. The van der Waals surface area contributed by atoms with Crippen LogP contribution < -0.4 is 15.5 Å². The molecule has 0 aromatic heterocycles. The van der Waals surface area contributed by atoms with Gasteiger partial charge in [0.15, 0.2) is 5.11 Å². The van der Waals surface area contributed by atoms with Crippen molar-refractivity contribution in [3.8, 4) is 0 Å². The molecule has 1 heterocycles. The van der Waals surface area contributed by atoms with E-state index in [0.29, 0.717) is 0 Å². The highest BCUT2D eigenvalue weighted by Gasteiger charge is 2.20. The quantitative estimate of drug-likeness (QED) is 0.555. The molecule has 1 aromatic carbocycles. The Bertz CT molecular complexity index is 458. The van der Waals surface area contributed by atoms with E-state index in [9.17, 15) is 0 Å². The molecule has 0 radical (unpaired) electrons. The van der Waals surface area contributed by atoms with Gasteiger partial charge in [-0.3, -0.25) is 0 Å². The summed E-state index contributed by atoms with van der Waals surface area (Å²) < 4.78 is 0. The fraction of sp³-hybridized carbons (Fsp3) is 0.611. The van der Waals surface area contributed by atoms with Crippen molar-refractivity contribution in [2.75, 3.05) is 25.0 Å². The van der Waals surface area contributed by atoms with E-state index in [1.54, 1.807) is 4.90 Å². The van der Waals surface area contributed by atoms with E-state index in [4.69, 9.17) is 12.2 Å². The molecule has 1 fully saturated rings. The molecule has 0 amide bonds. The summed E-state index contributed by atoms with van der Waals surface area (Å²) in [7, 11) is 0. The van der Waals surface area contributed by atoms with Crippen LogP contribution in [-0.4, -0.2) is 30.8 Å². The van der Waals surface area contributed by atoms with Gasteiger partial charge in [0.2, 0.25) is 0 Å². The molecule has 122 valence electrons. The van der Waals surface area contributed by atoms with Crippen LogP contribution >= 0.6 is 12.2 Å². The smallest absolute Gasteiger partial charge is 0.170 e. The molecule has 2 atom stereocenters. The van der Waals surface area contributed by atoms with E-state index in [0.717, 1.165) is 29.8 Å². The van der Waals surface area contributed by atoms with Crippen LogP contribution in [0.1, 0.15) is 45.1 Å². The SMILES string of the molecule is CCc1ccc(NC(=S)NCCC[NH+]2CCCC[C@@H]2C)cc1. The van der Waals surface area contributed by atoms with Crippen LogP contribution in [0.3, 0.4) is 0 Å². The van der Waals surface area contributed by atoms with E-state index >= 15 is 0 Å². The summed E-state index contributed by atoms with van der Waals surface area (Å²) in [4.78, 5) is 1.77. The van der Waals surface area contributed by atoms with Gasteiger partial charge in [-0.25, -0.2) is 0 Å². The van der Waals surface area contributed by atoms with Crippen molar-refractivity contribution in [1.82, 2.24) is 5.32 Å². The molecule has 1 aliphatic heterocycles. The predicted molar refractivity (Wildman–Crippen MR) is 98.7 cm³/mol. The summed E-state index contributed by atoms with van der Waals surface area (Å²) in [5.41, 5.74) is 2.41. The number of likely N-dealkylation sites (tertiary alicyclic amines) is 1. The molecule has 3 N–H and O–H groups in total. The number of nitrogens with one attached hydrogen (secondary N) is 3. The molecular formula is C18H30N3S+. The maximum Gasteiger partial charge on any atom is 0.170 e. The molecule has 2 rings (SSSR count). The van der Waals surface area contributed by atoms with Crippen molar-refractivity contribution in [2.45, 2.75) is 52.0 Å². The minimum absolute atomic E-state index is 0.728. The van der Waals surface area contributed by atoms with E-state index in [-0.39, 0.29) is 0 Å². The van der Waals surface area contributed by atoms with Crippen LogP contribution in [0.25, 0.3) is 0 Å². The van der Waals surface area contributed by atoms with Crippen LogP contribution in [0.2, 0.25) is 0 Å². The van der Waals surface area contributed by atoms with Gasteiger partial charge in [0.25, 0.3) is 0 Å². The van der Waals surface area contributed by atoms with Crippen LogP contribution in [0, 0.1) is 0 Å². The van der Waals surface area contributed by atoms with Gasteiger partial charge >= 0.3 is 0 Å². The third kappa shape index (κ3) is 5.58. The Morgan fingerprint density at radius 1 is 1.27 bits per heavy atom. The molecule has 1 aromatic rings. The standard InChI is InChI=1S/C18H29N3S/c1-3-16-8-10-17(11-9-16)20-18(22)19-12-6-14-21-13-5-4-7-15(21)2/h8-11,15H,3-7,12-14H2,1-2H3,(H2,19,20,22)/p+1/t15-/m0/s1. The average Bonchev–Trinajstić information content (AvgIpc) is 2.54. The van der Waals surface area contributed by atoms with Crippen molar-refractivity contribution in [2.24, 2.45) is 0 Å². The van der Waals surface area contributed by atoms with Gasteiger partial charge in [0.05, 0.1) is 19.1 Å². The number of quaternary nitrogens is 1. The lowest BCUT2D eigenvalue weighted by molar-refractivity contribution is -0.928. The number of anilines is 1. The number of thiocarbonyl (C=S) groups is 1. The maximum absolute atomic E-state index is 5.36. The summed E-state index contributed by atoms with van der Waals surface area (Å²) >= 11 is 5.36. The topological polar surface area (TPSA) is 28.5 Å². The van der Waals surface area contributed by atoms with Gasteiger partial charge in [0.1, 0.15) is 0 Å². The average molecular weight is 321 g/mol. The highest BCUT2D eigenvalue weighted by atomic mass is 32.1. The van der Waals surface area contributed by atoms with Crippen LogP contribution in [-0.2, 0) is 6.42 Å². The van der Waals surface area contributed by atoms with Gasteiger partial charge in [-0.05, 0) is 62.5 Å². The Morgan fingerprint density at radius 3 is 2.73 bits per heavy atom. The second-order valence-corrected chi connectivity index (χ2v) is 6.75. The molecular weight excluding hydrogens is 290 g/mol. The van der Waals surface area contributed by atoms with E-state index < -0.39 is 0 Å². The molecule has 1 saturated heterocycles. The molecule has 0 saturated carbocycles. The minimum Gasteiger partial charge on any atom is -0.362 e. The first-order chi connectivity index (χ1) is 10.7. The summed E-state index contributed by atoms with van der Waals surface area (Å²) in [5.74, 6) is 0. The van der Waals surface area contributed by atoms with E-state index in [1.807, 2.05) is 0 Å². The van der Waals surface area contributed by atoms with Crippen LogP contribution in [0.5, 0.6) is 0 Å². The van der Waals surface area contributed by atoms with Crippen molar-refractivity contribution in [3.05, 3.63) is 29.8 Å². The molecule has 0 bridgehead atoms. The van der Waals surface area contributed by atoms with Crippen molar-refractivity contribution < 1.29 is 4.90 Å². The van der Waals surface area contributed by atoms with E-state index in [2.05, 4.69) is 48.7 Å². The number of hydrogen-bond acceptors (Lipinski definition) is 1. The number of benzene rings is 1. The molecule has 0 aliphatic carbocycles. The van der Waals surface area contributed by atoms with Crippen LogP contribution in [0.15, 0.2) is 24.3 Å². The van der Waals surface area contributed by atoms with Crippen molar-refractivity contribution in [3.63, 3.8) is 0 Å². The van der Waals surface area contributed by atoms with Crippen LogP contribution in [0.4, 0.5) is 5.69 Å². The zero-order valence-electron chi connectivity index (χ0n) is 14.0. The Kier molecular flexibility index (Phi) is 7.13. The lowest BCUT2D eigenvalue weighted by Gasteiger charge is -2.30.